The van der Waals surface area contributed by atoms with Crippen molar-refractivity contribution in [3.05, 3.63) is 11.7 Å². The van der Waals surface area contributed by atoms with Crippen molar-refractivity contribution in [1.82, 2.24) is 15.5 Å². The molecule has 2 atom stereocenters. The number of aromatic nitrogens is 2. The summed E-state index contributed by atoms with van der Waals surface area (Å²) in [5, 5.41) is 6.62. The topological polar surface area (TPSA) is 103 Å². The molecule has 0 bridgehead atoms. The van der Waals surface area contributed by atoms with Crippen LogP contribution < -0.4 is 11.1 Å². The highest BCUT2D eigenvalue weighted by atomic mass is 16.5. The fourth-order valence-electron chi connectivity index (χ4n) is 2.13. The average Bonchev–Trinajstić information content (AvgIpc) is 3.03. The van der Waals surface area contributed by atoms with Gasteiger partial charge in [-0.05, 0) is 12.8 Å². The number of carbonyl (C=O) groups excluding carboxylic acids is 1. The second-order valence-electron chi connectivity index (χ2n) is 4.75. The number of urea groups is 1. The van der Waals surface area contributed by atoms with E-state index in [1.165, 1.54) is 0 Å². The van der Waals surface area contributed by atoms with Crippen LogP contribution in [0.2, 0.25) is 0 Å². The molecule has 19 heavy (non-hydrogen) atoms. The third-order valence-corrected chi connectivity index (χ3v) is 3.21. The van der Waals surface area contributed by atoms with E-state index in [1.807, 2.05) is 0 Å². The van der Waals surface area contributed by atoms with Crippen molar-refractivity contribution in [2.75, 3.05) is 13.2 Å². The molecule has 7 nitrogen and oxygen atoms in total. The van der Waals surface area contributed by atoms with Crippen molar-refractivity contribution in [3.8, 4) is 0 Å². The van der Waals surface area contributed by atoms with Gasteiger partial charge in [-0.2, -0.15) is 4.98 Å². The van der Waals surface area contributed by atoms with E-state index >= 15 is 0 Å². The SMILES string of the molecule is CCCC[C@@H](NC(N)=O)c1nc([C@@H]2CCOC2)no1. The first kappa shape index (κ1) is 13.8. The lowest BCUT2D eigenvalue weighted by molar-refractivity contribution is 0.192. The molecule has 0 saturated carbocycles. The second-order valence-corrected chi connectivity index (χ2v) is 4.75. The summed E-state index contributed by atoms with van der Waals surface area (Å²) in [7, 11) is 0. The Bertz CT molecular complexity index is 415. The minimum Gasteiger partial charge on any atom is -0.381 e. The summed E-state index contributed by atoms with van der Waals surface area (Å²) in [5.74, 6) is 1.27. The average molecular weight is 268 g/mol. The molecule has 0 spiro atoms. The van der Waals surface area contributed by atoms with Crippen molar-refractivity contribution in [3.63, 3.8) is 0 Å². The number of amides is 2. The number of carbonyl (C=O) groups is 1. The Morgan fingerprint density at radius 3 is 3.11 bits per heavy atom. The smallest absolute Gasteiger partial charge is 0.312 e. The van der Waals surface area contributed by atoms with E-state index < -0.39 is 6.03 Å². The van der Waals surface area contributed by atoms with Crippen LogP contribution in [-0.4, -0.2) is 29.4 Å². The molecule has 1 aliphatic rings. The molecule has 2 heterocycles. The Morgan fingerprint density at radius 2 is 2.47 bits per heavy atom. The fraction of sp³-hybridized carbons (Fsp3) is 0.750. The fourth-order valence-corrected chi connectivity index (χ4v) is 2.13. The van der Waals surface area contributed by atoms with Crippen molar-refractivity contribution in [2.24, 2.45) is 5.73 Å². The summed E-state index contributed by atoms with van der Waals surface area (Å²) in [5.41, 5.74) is 5.17. The number of unbranched alkanes of at least 4 members (excludes halogenated alkanes) is 1. The van der Waals surface area contributed by atoms with E-state index in [1.54, 1.807) is 0 Å². The van der Waals surface area contributed by atoms with E-state index in [4.69, 9.17) is 15.0 Å². The minimum absolute atomic E-state index is 0.193. The van der Waals surface area contributed by atoms with Gasteiger partial charge in [0.1, 0.15) is 6.04 Å². The third kappa shape index (κ3) is 3.66. The van der Waals surface area contributed by atoms with Gasteiger partial charge in [-0.25, -0.2) is 4.79 Å². The molecule has 106 valence electrons. The molecule has 1 fully saturated rings. The summed E-state index contributed by atoms with van der Waals surface area (Å²) < 4.78 is 10.5. The van der Waals surface area contributed by atoms with Crippen LogP contribution in [0.4, 0.5) is 4.79 Å². The van der Waals surface area contributed by atoms with Gasteiger partial charge < -0.3 is 20.3 Å². The van der Waals surface area contributed by atoms with Crippen molar-refractivity contribution >= 4 is 6.03 Å². The Balaban J connectivity index is 2.05. The number of nitrogens with two attached hydrogens (primary N) is 1. The first-order valence-corrected chi connectivity index (χ1v) is 6.68. The second kappa shape index (κ2) is 6.51. The Morgan fingerprint density at radius 1 is 1.63 bits per heavy atom. The molecule has 2 amide bonds. The Hall–Kier alpha value is -1.63. The van der Waals surface area contributed by atoms with E-state index in [2.05, 4.69) is 22.4 Å². The van der Waals surface area contributed by atoms with Crippen molar-refractivity contribution in [1.29, 1.82) is 0 Å². The van der Waals surface area contributed by atoms with Crippen LogP contribution in [0, 0.1) is 0 Å². The molecule has 1 aliphatic heterocycles. The van der Waals surface area contributed by atoms with Gasteiger partial charge in [0.25, 0.3) is 0 Å². The summed E-state index contributed by atoms with van der Waals surface area (Å²) in [4.78, 5) is 15.4. The lowest BCUT2D eigenvalue weighted by atomic mass is 10.1. The summed E-state index contributed by atoms with van der Waals surface area (Å²) in [6.45, 7) is 3.44. The first-order chi connectivity index (χ1) is 9.20. The zero-order chi connectivity index (χ0) is 13.7. The molecule has 1 aromatic rings. The van der Waals surface area contributed by atoms with Crippen molar-refractivity contribution < 1.29 is 14.1 Å². The number of hydrogen-bond donors (Lipinski definition) is 2. The minimum atomic E-state index is -0.579. The van der Waals surface area contributed by atoms with Crippen LogP contribution in [0.3, 0.4) is 0 Å². The van der Waals surface area contributed by atoms with E-state index in [0.29, 0.717) is 18.3 Å². The maximum atomic E-state index is 11.0. The maximum absolute atomic E-state index is 11.0. The van der Waals surface area contributed by atoms with Gasteiger partial charge in [-0.3, -0.25) is 0 Å². The van der Waals surface area contributed by atoms with Crippen LogP contribution in [0.5, 0.6) is 0 Å². The highest BCUT2D eigenvalue weighted by Gasteiger charge is 2.26. The Kier molecular flexibility index (Phi) is 4.73. The quantitative estimate of drug-likeness (QED) is 0.813. The van der Waals surface area contributed by atoms with E-state index in [9.17, 15) is 4.79 Å². The Labute approximate surface area is 111 Å². The number of nitrogens with zero attached hydrogens (tertiary/aromatic N) is 2. The van der Waals surface area contributed by atoms with Gasteiger partial charge >= 0.3 is 6.03 Å². The highest BCUT2D eigenvalue weighted by Crippen LogP contribution is 2.25. The largest absolute Gasteiger partial charge is 0.381 e. The van der Waals surface area contributed by atoms with Crippen LogP contribution in [0.15, 0.2) is 4.52 Å². The van der Waals surface area contributed by atoms with Crippen LogP contribution in [0.1, 0.15) is 56.3 Å². The van der Waals surface area contributed by atoms with Gasteiger partial charge in [0.2, 0.25) is 5.89 Å². The van der Waals surface area contributed by atoms with Gasteiger partial charge in [-0.1, -0.05) is 24.9 Å². The third-order valence-electron chi connectivity index (χ3n) is 3.21. The number of rotatable bonds is 6. The molecule has 7 heteroatoms. The van der Waals surface area contributed by atoms with Crippen LogP contribution >= 0.6 is 0 Å². The molecular formula is C12H20N4O3. The summed E-state index contributed by atoms with van der Waals surface area (Å²) in [6.07, 6.45) is 3.62. The number of ether oxygens (including phenoxy) is 1. The zero-order valence-electron chi connectivity index (χ0n) is 11.1. The molecule has 0 unspecified atom stereocenters. The predicted octanol–water partition coefficient (Wildman–Crippen LogP) is 1.47. The monoisotopic (exact) mass is 268 g/mol. The van der Waals surface area contributed by atoms with Crippen LogP contribution in [-0.2, 0) is 4.74 Å². The molecule has 3 N–H and O–H groups in total. The molecule has 2 rings (SSSR count). The van der Waals surface area contributed by atoms with E-state index in [-0.39, 0.29) is 12.0 Å². The predicted molar refractivity (Wildman–Crippen MR) is 67.5 cm³/mol. The number of nitrogens with one attached hydrogen (secondary N) is 1. The van der Waals surface area contributed by atoms with Crippen LogP contribution in [0.25, 0.3) is 0 Å². The molecule has 0 radical (unpaired) electrons. The first-order valence-electron chi connectivity index (χ1n) is 6.68. The highest BCUT2D eigenvalue weighted by molar-refractivity contribution is 5.72. The van der Waals surface area contributed by atoms with Gasteiger partial charge in [0, 0.05) is 12.5 Å². The molecular weight excluding hydrogens is 248 g/mol. The molecule has 1 saturated heterocycles. The standard InChI is InChI=1S/C12H20N4O3/c1-2-3-4-9(14-12(13)17)11-15-10(16-19-11)8-5-6-18-7-8/h8-9H,2-7H2,1H3,(H3,13,14,17)/t8-,9-/m1/s1. The maximum Gasteiger partial charge on any atom is 0.312 e. The number of hydrogen-bond acceptors (Lipinski definition) is 5. The lowest BCUT2D eigenvalue weighted by Gasteiger charge is -2.12. The summed E-state index contributed by atoms with van der Waals surface area (Å²) in [6, 6.07) is -0.883. The van der Waals surface area contributed by atoms with E-state index in [0.717, 1.165) is 32.3 Å². The summed E-state index contributed by atoms with van der Waals surface area (Å²) >= 11 is 0. The van der Waals surface area contributed by atoms with Gasteiger partial charge in [0.15, 0.2) is 5.82 Å². The number of primary amides is 1. The van der Waals surface area contributed by atoms with Gasteiger partial charge in [-0.15, -0.1) is 0 Å². The van der Waals surface area contributed by atoms with Gasteiger partial charge in [0.05, 0.1) is 6.61 Å². The molecule has 0 aromatic carbocycles. The zero-order valence-corrected chi connectivity index (χ0v) is 11.1. The molecule has 1 aromatic heterocycles. The van der Waals surface area contributed by atoms with Crippen molar-refractivity contribution in [2.45, 2.75) is 44.6 Å². The normalized spacial score (nSPS) is 20.4. The molecule has 0 aliphatic carbocycles. The lowest BCUT2D eigenvalue weighted by Crippen LogP contribution is -2.33.